The molecule has 2 heterocycles. The van der Waals surface area contributed by atoms with E-state index < -0.39 is 6.04 Å². The topological polar surface area (TPSA) is 91.4 Å². The quantitative estimate of drug-likeness (QED) is 0.214. The van der Waals surface area contributed by atoms with E-state index in [0.29, 0.717) is 48.1 Å². The summed E-state index contributed by atoms with van der Waals surface area (Å²) in [7, 11) is 3.13. The first-order chi connectivity index (χ1) is 21.7. The lowest BCUT2D eigenvalue weighted by atomic mass is 9.99. The minimum Gasteiger partial charge on any atom is -0.493 e. The van der Waals surface area contributed by atoms with Gasteiger partial charge in [-0.15, -0.1) is 0 Å². The summed E-state index contributed by atoms with van der Waals surface area (Å²) >= 11 is 0. The second-order valence-corrected chi connectivity index (χ2v) is 12.0. The highest BCUT2D eigenvalue weighted by molar-refractivity contribution is 6.24. The minimum atomic E-state index is -0.551. The number of nitrogens with zero attached hydrogens (tertiary/aromatic N) is 3. The zero-order valence-electron chi connectivity index (χ0n) is 26.9. The number of benzene rings is 3. The lowest BCUT2D eigenvalue weighted by Gasteiger charge is -2.39. The fraction of sp³-hybridized carbons (Fsp3) is 0.417. The van der Waals surface area contributed by atoms with Gasteiger partial charge >= 0.3 is 0 Å². The van der Waals surface area contributed by atoms with Crippen molar-refractivity contribution < 1.29 is 23.9 Å². The van der Waals surface area contributed by atoms with E-state index in [0.717, 1.165) is 37.4 Å². The van der Waals surface area contributed by atoms with Crippen molar-refractivity contribution in [2.45, 2.75) is 45.7 Å². The maximum absolute atomic E-state index is 14.3. The Morgan fingerprint density at radius 2 is 1.53 bits per heavy atom. The Morgan fingerprint density at radius 1 is 0.822 bits per heavy atom. The first-order valence-electron chi connectivity index (χ1n) is 15.8. The van der Waals surface area contributed by atoms with E-state index in [1.54, 1.807) is 26.4 Å². The molecule has 1 unspecified atom stereocenters. The molecule has 3 aromatic rings. The molecule has 238 valence electrons. The normalized spacial score (nSPS) is 16.5. The van der Waals surface area contributed by atoms with Crippen LogP contribution in [0, 0.1) is 5.92 Å². The Labute approximate surface area is 266 Å². The number of anilines is 1. The molecule has 9 nitrogen and oxygen atoms in total. The molecule has 3 amide bonds. The van der Waals surface area contributed by atoms with Crippen LogP contribution in [0.4, 0.5) is 5.69 Å². The molecule has 0 saturated carbocycles. The number of piperazine rings is 1. The second kappa shape index (κ2) is 14.2. The van der Waals surface area contributed by atoms with E-state index in [1.165, 1.54) is 10.5 Å². The minimum absolute atomic E-state index is 0.0266. The van der Waals surface area contributed by atoms with Crippen LogP contribution in [0.5, 0.6) is 11.5 Å². The lowest BCUT2D eigenvalue weighted by Crippen LogP contribution is -2.47. The van der Waals surface area contributed by atoms with Gasteiger partial charge in [0.05, 0.1) is 37.1 Å². The Balaban J connectivity index is 1.39. The van der Waals surface area contributed by atoms with Crippen molar-refractivity contribution >= 4 is 23.4 Å². The molecule has 9 heteroatoms. The molecule has 0 aromatic heterocycles. The average Bonchev–Trinajstić information content (AvgIpc) is 3.33. The molecule has 2 aliphatic rings. The Hall–Kier alpha value is -4.37. The monoisotopic (exact) mass is 612 g/mol. The second-order valence-electron chi connectivity index (χ2n) is 12.0. The first-order valence-corrected chi connectivity index (χ1v) is 15.8. The third-order valence-electron chi connectivity index (χ3n) is 8.99. The van der Waals surface area contributed by atoms with Crippen molar-refractivity contribution in [3.63, 3.8) is 0 Å². The van der Waals surface area contributed by atoms with E-state index in [4.69, 9.17) is 9.47 Å². The highest BCUT2D eigenvalue weighted by Gasteiger charge is 2.43. The van der Waals surface area contributed by atoms with Gasteiger partial charge in [-0.05, 0) is 55.2 Å². The van der Waals surface area contributed by atoms with Crippen molar-refractivity contribution in [1.29, 1.82) is 0 Å². The maximum atomic E-state index is 14.3. The van der Waals surface area contributed by atoms with Crippen molar-refractivity contribution in [3.8, 4) is 11.5 Å². The number of imide groups is 1. The van der Waals surface area contributed by atoms with Gasteiger partial charge in [0.15, 0.2) is 11.5 Å². The number of carbonyl (C=O) groups excluding carboxylic acids is 3. The van der Waals surface area contributed by atoms with E-state index in [-0.39, 0.29) is 23.6 Å². The van der Waals surface area contributed by atoms with Crippen molar-refractivity contribution in [1.82, 2.24) is 15.1 Å². The maximum Gasteiger partial charge on any atom is 0.264 e. The number of methoxy groups -OCH3 is 2. The molecular formula is C36H44N4O5. The van der Waals surface area contributed by atoms with Gasteiger partial charge in [-0.3, -0.25) is 24.2 Å². The predicted molar refractivity (Wildman–Crippen MR) is 175 cm³/mol. The van der Waals surface area contributed by atoms with Crippen LogP contribution in [0.2, 0.25) is 0 Å². The van der Waals surface area contributed by atoms with Crippen molar-refractivity contribution in [2.75, 3.05) is 51.8 Å². The number of rotatable bonds is 12. The van der Waals surface area contributed by atoms with E-state index in [2.05, 4.69) is 46.3 Å². The van der Waals surface area contributed by atoms with Crippen LogP contribution in [0.1, 0.15) is 77.5 Å². The van der Waals surface area contributed by atoms with Crippen LogP contribution < -0.4 is 19.7 Å². The molecule has 1 fully saturated rings. The van der Waals surface area contributed by atoms with E-state index in [1.807, 2.05) is 44.2 Å². The number of carbonyl (C=O) groups is 3. The van der Waals surface area contributed by atoms with Crippen molar-refractivity contribution in [3.05, 3.63) is 89.0 Å². The van der Waals surface area contributed by atoms with Crippen LogP contribution in [0.3, 0.4) is 0 Å². The summed E-state index contributed by atoms with van der Waals surface area (Å²) in [6, 6.07) is 21.3. The van der Waals surface area contributed by atoms with Gasteiger partial charge in [0, 0.05) is 44.7 Å². The predicted octanol–water partition coefficient (Wildman–Crippen LogP) is 5.48. The summed E-state index contributed by atoms with van der Waals surface area (Å²) in [6.45, 7) is 9.58. The summed E-state index contributed by atoms with van der Waals surface area (Å²) in [5.41, 5.74) is 3.74. The fourth-order valence-corrected chi connectivity index (χ4v) is 6.34. The summed E-state index contributed by atoms with van der Waals surface area (Å²) < 4.78 is 11.0. The van der Waals surface area contributed by atoms with Crippen LogP contribution in [0.15, 0.2) is 66.7 Å². The van der Waals surface area contributed by atoms with E-state index >= 15 is 0 Å². The molecule has 2 aliphatic heterocycles. The number of hydrogen-bond donors (Lipinski definition) is 1. The average molecular weight is 613 g/mol. The molecule has 5 rings (SSSR count). The third kappa shape index (κ3) is 6.68. The summed E-state index contributed by atoms with van der Waals surface area (Å²) in [5, 5.41) is 2.95. The van der Waals surface area contributed by atoms with Gasteiger partial charge in [0.25, 0.3) is 11.8 Å². The van der Waals surface area contributed by atoms with Gasteiger partial charge in [-0.25, -0.2) is 0 Å². The number of nitrogens with one attached hydrogen (secondary N) is 1. The SMILES string of the molecule is COc1ccc([C@@H](CCCNC(=O)C(C)C)N2C(=O)c3cccc(N4CCN(C(C)c5ccccc5)CC4)c3C2=O)cc1OC. The molecule has 1 saturated heterocycles. The molecule has 1 N–H and O–H groups in total. The van der Waals surface area contributed by atoms with Gasteiger partial charge < -0.3 is 19.7 Å². The molecule has 45 heavy (non-hydrogen) atoms. The zero-order valence-corrected chi connectivity index (χ0v) is 26.9. The molecule has 0 bridgehead atoms. The Bertz CT molecular complexity index is 1520. The molecule has 0 spiro atoms. The van der Waals surface area contributed by atoms with Gasteiger partial charge in [0.2, 0.25) is 5.91 Å². The van der Waals surface area contributed by atoms with E-state index in [9.17, 15) is 14.4 Å². The molecule has 2 atom stereocenters. The molecular weight excluding hydrogens is 568 g/mol. The number of fused-ring (bicyclic) bond motifs is 1. The van der Waals surface area contributed by atoms with Gasteiger partial charge in [-0.1, -0.05) is 56.3 Å². The summed E-state index contributed by atoms with van der Waals surface area (Å²) in [6.07, 6.45) is 1.06. The molecule has 3 aromatic carbocycles. The van der Waals surface area contributed by atoms with Crippen LogP contribution in [0.25, 0.3) is 0 Å². The highest BCUT2D eigenvalue weighted by atomic mass is 16.5. The largest absolute Gasteiger partial charge is 0.493 e. The van der Waals surface area contributed by atoms with Gasteiger partial charge in [-0.2, -0.15) is 0 Å². The first kappa shape index (κ1) is 32.0. The lowest BCUT2D eigenvalue weighted by molar-refractivity contribution is -0.124. The van der Waals surface area contributed by atoms with Gasteiger partial charge in [0.1, 0.15) is 0 Å². The van der Waals surface area contributed by atoms with Crippen molar-refractivity contribution in [2.24, 2.45) is 5.92 Å². The number of ether oxygens (including phenoxy) is 2. The van der Waals surface area contributed by atoms with Crippen LogP contribution >= 0.6 is 0 Å². The smallest absolute Gasteiger partial charge is 0.264 e. The molecule has 0 aliphatic carbocycles. The fourth-order valence-electron chi connectivity index (χ4n) is 6.34. The standard InChI is InChI=1S/C36H44N4O5/c1-24(2)34(41)37-18-10-15-29(27-16-17-31(44-4)32(23-27)45-5)40-35(42)28-13-9-14-30(33(28)36(40)43)39-21-19-38(20-22-39)25(3)26-11-7-6-8-12-26/h6-9,11-14,16-17,23-25,29H,10,15,18-22H2,1-5H3,(H,37,41)/t25?,29-/m1/s1. The van der Waals surface area contributed by atoms with Crippen LogP contribution in [-0.2, 0) is 4.79 Å². The highest BCUT2D eigenvalue weighted by Crippen LogP contribution is 2.40. The summed E-state index contributed by atoms with van der Waals surface area (Å²) in [5.74, 6) is 0.337. The van der Waals surface area contributed by atoms with Crippen LogP contribution in [-0.4, -0.2) is 74.5 Å². The Kier molecular flexibility index (Phi) is 10.1. The summed E-state index contributed by atoms with van der Waals surface area (Å²) in [4.78, 5) is 46.6. The Morgan fingerprint density at radius 3 is 2.20 bits per heavy atom. The number of hydrogen-bond acceptors (Lipinski definition) is 7. The zero-order chi connectivity index (χ0) is 32.1. The molecule has 0 radical (unpaired) electrons. The third-order valence-corrected chi connectivity index (χ3v) is 8.99. The number of amides is 3.